The largest absolute Gasteiger partial charge is 0.467 e. The highest BCUT2D eigenvalue weighted by Gasteiger charge is 2.06. The zero-order valence-electron chi connectivity index (χ0n) is 7.12. The van der Waals surface area contributed by atoms with Gasteiger partial charge in [0.05, 0.1) is 7.11 Å². The van der Waals surface area contributed by atoms with Crippen LogP contribution in [-0.4, -0.2) is 36.8 Å². The SMILES string of the molecule is COc1nc(Cl)nc(-n2cncn2)n1. The molecular weight excluding hydrogens is 208 g/mol. The van der Waals surface area contributed by atoms with Crippen molar-refractivity contribution in [3.05, 3.63) is 17.9 Å². The molecule has 72 valence electrons. The Morgan fingerprint density at radius 2 is 2.21 bits per heavy atom. The molecule has 0 aliphatic rings. The number of aromatic nitrogens is 6. The van der Waals surface area contributed by atoms with Gasteiger partial charge in [-0.25, -0.2) is 4.98 Å². The van der Waals surface area contributed by atoms with Gasteiger partial charge in [-0.1, -0.05) is 0 Å². The van der Waals surface area contributed by atoms with Gasteiger partial charge in [0, 0.05) is 0 Å². The Morgan fingerprint density at radius 1 is 1.36 bits per heavy atom. The van der Waals surface area contributed by atoms with E-state index in [0.29, 0.717) is 0 Å². The highest BCUT2D eigenvalue weighted by molar-refractivity contribution is 6.28. The Labute approximate surface area is 83.8 Å². The van der Waals surface area contributed by atoms with Crippen LogP contribution < -0.4 is 4.74 Å². The minimum absolute atomic E-state index is 0.0438. The van der Waals surface area contributed by atoms with E-state index in [9.17, 15) is 0 Å². The van der Waals surface area contributed by atoms with E-state index in [-0.39, 0.29) is 17.2 Å². The number of ether oxygens (including phenoxy) is 1. The van der Waals surface area contributed by atoms with Crippen LogP contribution in [0, 0.1) is 0 Å². The number of rotatable bonds is 2. The van der Waals surface area contributed by atoms with Crippen molar-refractivity contribution in [3.8, 4) is 12.0 Å². The summed E-state index contributed by atoms with van der Waals surface area (Å²) in [5.41, 5.74) is 0. The van der Waals surface area contributed by atoms with Crippen LogP contribution in [0.1, 0.15) is 0 Å². The molecule has 0 aromatic carbocycles. The van der Waals surface area contributed by atoms with Gasteiger partial charge in [0.1, 0.15) is 12.7 Å². The number of methoxy groups -OCH3 is 1. The molecule has 0 saturated heterocycles. The van der Waals surface area contributed by atoms with Crippen molar-refractivity contribution in [1.29, 1.82) is 0 Å². The van der Waals surface area contributed by atoms with Gasteiger partial charge in [0.25, 0.3) is 5.95 Å². The topological polar surface area (TPSA) is 78.6 Å². The van der Waals surface area contributed by atoms with E-state index in [1.165, 1.54) is 24.4 Å². The fraction of sp³-hybridized carbons (Fsp3) is 0.167. The first-order chi connectivity index (χ1) is 6.79. The Hall–Kier alpha value is -1.76. The quantitative estimate of drug-likeness (QED) is 0.703. The summed E-state index contributed by atoms with van der Waals surface area (Å²) in [6.07, 6.45) is 2.81. The molecule has 0 saturated carbocycles. The third kappa shape index (κ3) is 1.62. The van der Waals surface area contributed by atoms with Crippen LogP contribution in [0.2, 0.25) is 5.28 Å². The maximum atomic E-state index is 5.64. The predicted molar refractivity (Wildman–Crippen MR) is 46.3 cm³/mol. The van der Waals surface area contributed by atoms with E-state index in [1.807, 2.05) is 0 Å². The second kappa shape index (κ2) is 3.54. The second-order valence-electron chi connectivity index (χ2n) is 2.23. The number of hydrogen-bond acceptors (Lipinski definition) is 6. The number of hydrogen-bond donors (Lipinski definition) is 0. The molecule has 0 amide bonds. The summed E-state index contributed by atoms with van der Waals surface area (Å²) >= 11 is 5.64. The van der Waals surface area contributed by atoms with E-state index in [2.05, 4.69) is 25.0 Å². The highest BCUT2D eigenvalue weighted by atomic mass is 35.5. The van der Waals surface area contributed by atoms with Gasteiger partial charge in [-0.05, 0) is 11.6 Å². The van der Waals surface area contributed by atoms with Gasteiger partial charge in [-0.2, -0.15) is 24.7 Å². The Morgan fingerprint density at radius 3 is 2.86 bits per heavy atom. The van der Waals surface area contributed by atoms with Crippen molar-refractivity contribution in [2.24, 2.45) is 0 Å². The minimum atomic E-state index is 0.0438. The molecule has 7 nitrogen and oxygen atoms in total. The maximum Gasteiger partial charge on any atom is 0.322 e. The minimum Gasteiger partial charge on any atom is -0.467 e. The summed E-state index contributed by atoms with van der Waals surface area (Å²) in [6.45, 7) is 0. The predicted octanol–water partition coefficient (Wildman–Crippen LogP) is 0.114. The third-order valence-corrected chi connectivity index (χ3v) is 1.55. The van der Waals surface area contributed by atoms with E-state index in [0.717, 1.165) is 0 Å². The van der Waals surface area contributed by atoms with Crippen LogP contribution in [0.15, 0.2) is 12.7 Å². The third-order valence-electron chi connectivity index (χ3n) is 1.38. The molecule has 2 rings (SSSR count). The lowest BCUT2D eigenvalue weighted by molar-refractivity contribution is 0.376. The molecule has 0 fully saturated rings. The van der Waals surface area contributed by atoms with Gasteiger partial charge in [-0.3, -0.25) is 0 Å². The van der Waals surface area contributed by atoms with Crippen molar-refractivity contribution in [2.45, 2.75) is 0 Å². The van der Waals surface area contributed by atoms with Crippen LogP contribution in [0.5, 0.6) is 6.01 Å². The molecule has 14 heavy (non-hydrogen) atoms. The average Bonchev–Trinajstić information content (AvgIpc) is 2.69. The van der Waals surface area contributed by atoms with Gasteiger partial charge in [0.15, 0.2) is 0 Å². The maximum absolute atomic E-state index is 5.64. The zero-order valence-corrected chi connectivity index (χ0v) is 7.88. The van der Waals surface area contributed by atoms with Gasteiger partial charge >= 0.3 is 6.01 Å². The normalized spacial score (nSPS) is 10.1. The van der Waals surface area contributed by atoms with Crippen LogP contribution in [0.4, 0.5) is 0 Å². The molecule has 0 N–H and O–H groups in total. The van der Waals surface area contributed by atoms with E-state index in [4.69, 9.17) is 16.3 Å². The first-order valence-electron chi connectivity index (χ1n) is 3.60. The lowest BCUT2D eigenvalue weighted by Crippen LogP contribution is -2.05. The molecule has 2 heterocycles. The van der Waals surface area contributed by atoms with Crippen molar-refractivity contribution < 1.29 is 4.74 Å². The molecule has 8 heteroatoms. The summed E-state index contributed by atoms with van der Waals surface area (Å²) in [6, 6.07) is 0.135. The van der Waals surface area contributed by atoms with E-state index >= 15 is 0 Å². The summed E-state index contributed by atoms with van der Waals surface area (Å²) < 4.78 is 6.18. The van der Waals surface area contributed by atoms with Crippen molar-refractivity contribution >= 4 is 11.6 Å². The first kappa shape index (κ1) is 8.82. The van der Waals surface area contributed by atoms with Crippen molar-refractivity contribution in [2.75, 3.05) is 7.11 Å². The van der Waals surface area contributed by atoms with Crippen molar-refractivity contribution in [3.63, 3.8) is 0 Å². The van der Waals surface area contributed by atoms with Crippen LogP contribution in [0.3, 0.4) is 0 Å². The Balaban J connectivity index is 2.48. The fourth-order valence-electron chi connectivity index (χ4n) is 0.827. The first-order valence-corrected chi connectivity index (χ1v) is 3.98. The summed E-state index contributed by atoms with van der Waals surface area (Å²) in [5, 5.41) is 3.89. The van der Waals surface area contributed by atoms with E-state index in [1.54, 1.807) is 0 Å². The van der Waals surface area contributed by atoms with Crippen molar-refractivity contribution in [1.82, 2.24) is 29.7 Å². The molecule has 0 bridgehead atoms. The monoisotopic (exact) mass is 212 g/mol. The smallest absolute Gasteiger partial charge is 0.322 e. The van der Waals surface area contributed by atoms with Crippen LogP contribution >= 0.6 is 11.6 Å². The van der Waals surface area contributed by atoms with Gasteiger partial charge in [0.2, 0.25) is 5.28 Å². The molecule has 0 aliphatic carbocycles. The molecule has 0 radical (unpaired) electrons. The summed E-state index contributed by atoms with van der Waals surface area (Å²) in [5.74, 6) is 0.263. The Kier molecular flexibility index (Phi) is 2.23. The van der Waals surface area contributed by atoms with E-state index < -0.39 is 0 Å². The summed E-state index contributed by atoms with van der Waals surface area (Å²) in [7, 11) is 1.44. The molecule has 0 spiro atoms. The standard InChI is InChI=1S/C6H5ClN6O/c1-14-6-11-4(7)10-5(12-6)13-3-8-2-9-13/h2-3H,1H3. The van der Waals surface area contributed by atoms with Gasteiger partial charge < -0.3 is 4.74 Å². The molecule has 0 atom stereocenters. The Bertz CT molecular complexity index is 430. The van der Waals surface area contributed by atoms with Crippen LogP contribution in [-0.2, 0) is 0 Å². The fourth-order valence-corrected chi connectivity index (χ4v) is 0.975. The zero-order chi connectivity index (χ0) is 9.97. The summed E-state index contributed by atoms with van der Waals surface area (Å²) in [4.78, 5) is 15.2. The lowest BCUT2D eigenvalue weighted by atomic mass is 10.9. The second-order valence-corrected chi connectivity index (χ2v) is 2.57. The molecule has 2 aromatic heterocycles. The van der Waals surface area contributed by atoms with Gasteiger partial charge in [-0.15, -0.1) is 0 Å². The lowest BCUT2D eigenvalue weighted by Gasteiger charge is -2.00. The molecule has 2 aromatic rings. The average molecular weight is 213 g/mol. The molecule has 0 unspecified atom stereocenters. The molecule has 0 aliphatic heterocycles. The van der Waals surface area contributed by atoms with Crippen LogP contribution in [0.25, 0.3) is 5.95 Å². The molecular formula is C6H5ClN6O. The number of halogens is 1. The number of nitrogens with zero attached hydrogens (tertiary/aromatic N) is 6. The highest BCUT2D eigenvalue weighted by Crippen LogP contribution is 2.09.